The molecule has 2 aromatic carbocycles. The van der Waals surface area contributed by atoms with Crippen molar-refractivity contribution in [2.75, 3.05) is 0 Å². The Hall–Kier alpha value is -2.47. The van der Waals surface area contributed by atoms with Gasteiger partial charge >= 0.3 is 0 Å². The zero-order valence-corrected chi connectivity index (χ0v) is 28.4. The summed E-state index contributed by atoms with van der Waals surface area (Å²) in [5.41, 5.74) is 6.05. The Morgan fingerprint density at radius 3 is 1.85 bits per heavy atom. The van der Waals surface area contributed by atoms with Crippen LogP contribution in [-0.4, -0.2) is 29.1 Å². The Morgan fingerprint density at radius 1 is 0.878 bits per heavy atom. The summed E-state index contributed by atoms with van der Waals surface area (Å²) in [6.45, 7) is 22.3. The van der Waals surface area contributed by atoms with E-state index in [1.807, 2.05) is 18.3 Å². The van der Waals surface area contributed by atoms with Crippen molar-refractivity contribution < 1.29 is 22.4 Å². The summed E-state index contributed by atoms with van der Waals surface area (Å²) in [4.78, 5) is 10.3. The minimum absolute atomic E-state index is 0.0957. The minimum Gasteiger partial charge on any atom is -0.412 e. The van der Waals surface area contributed by atoms with Gasteiger partial charge in [0.25, 0.3) is 0 Å². The van der Waals surface area contributed by atoms with Gasteiger partial charge in [0.1, 0.15) is 17.9 Å². The summed E-state index contributed by atoms with van der Waals surface area (Å²) in [7, 11) is -3.76. The van der Waals surface area contributed by atoms with Crippen LogP contribution in [0, 0.1) is 11.6 Å². The number of carbonyl (C=O) groups is 1. The molecule has 0 fully saturated rings. The van der Waals surface area contributed by atoms with Crippen molar-refractivity contribution >= 4 is 35.2 Å². The summed E-state index contributed by atoms with van der Waals surface area (Å²) in [5.74, 6) is -0.469. The quantitative estimate of drug-likeness (QED) is 0.177. The highest BCUT2D eigenvalue weighted by atomic mass is 28.4. The van der Waals surface area contributed by atoms with E-state index in [1.165, 1.54) is 18.2 Å². The maximum atomic E-state index is 14.0. The molecule has 5 nitrogen and oxygen atoms in total. The number of nitrogens with zero attached hydrogens (tertiary/aromatic N) is 1. The zero-order valence-electron chi connectivity index (χ0n) is 26.4. The first-order chi connectivity index (χ1) is 18.9. The molecule has 0 radical (unpaired) electrons. The van der Waals surface area contributed by atoms with Crippen LogP contribution in [0.15, 0.2) is 47.6 Å². The molecule has 0 spiro atoms. The Balaban J connectivity index is 0.000000287. The first-order valence-electron chi connectivity index (χ1n) is 14.1. The maximum absolute atomic E-state index is 14.0. The number of benzene rings is 2. The molecule has 0 amide bonds. The molecule has 2 aromatic rings. The van der Waals surface area contributed by atoms with Crippen molar-refractivity contribution in [3.8, 4) is 0 Å². The summed E-state index contributed by atoms with van der Waals surface area (Å²) in [6.07, 6.45) is 6.44. The number of rotatable bonds is 9. The van der Waals surface area contributed by atoms with Crippen LogP contribution in [0.4, 0.5) is 8.78 Å². The van der Waals surface area contributed by atoms with Crippen LogP contribution < -0.4 is 5.43 Å². The fraction of sp³-hybridized carbons (Fsp3) is 0.500. The van der Waals surface area contributed by atoms with Crippen LogP contribution in [0.25, 0.3) is 6.08 Å². The Labute approximate surface area is 247 Å². The molecule has 1 N–H and O–H groups in total. The van der Waals surface area contributed by atoms with Gasteiger partial charge in [-0.1, -0.05) is 59.8 Å². The molecule has 0 bridgehead atoms. The lowest BCUT2D eigenvalue weighted by Crippen LogP contribution is -2.40. The number of halogens is 2. The van der Waals surface area contributed by atoms with Gasteiger partial charge < -0.3 is 14.3 Å². The zero-order chi connectivity index (χ0) is 31.1. The smallest absolute Gasteiger partial charge is 0.192 e. The normalized spacial score (nSPS) is 16.0. The average Bonchev–Trinajstić information content (AvgIpc) is 3.41. The highest BCUT2D eigenvalue weighted by Crippen LogP contribution is 2.38. The van der Waals surface area contributed by atoms with E-state index in [9.17, 15) is 13.6 Å². The fourth-order valence-electron chi connectivity index (χ4n) is 3.39. The van der Waals surface area contributed by atoms with E-state index in [1.54, 1.807) is 18.2 Å². The Bertz CT molecular complexity index is 1220. The van der Waals surface area contributed by atoms with Crippen molar-refractivity contribution in [2.45, 2.75) is 103 Å². The van der Waals surface area contributed by atoms with Crippen LogP contribution in [0.2, 0.25) is 36.3 Å². The number of hydrazone groups is 1. The standard InChI is InChI=1S/C16H25FN2OSi.C16H23FO2Si/c1-16(2,3)21(4,5)20-11-13-10-12(6-7-14(13)17)15-8-9-18-19-15;1-16(2,3)20(4,5)19-12-14-11-13(7-6-10-18)8-9-15(14)17/h6-7,9-10,15,19H,8,11H2,1-5H3;6-11H,12H2,1-5H3/b;7-6+. The van der Waals surface area contributed by atoms with E-state index in [2.05, 4.69) is 78.3 Å². The molecule has 0 aliphatic carbocycles. The number of allylic oxidation sites excluding steroid dienone is 1. The molecule has 1 aliphatic heterocycles. The number of hydrogen-bond donors (Lipinski definition) is 1. The molecule has 41 heavy (non-hydrogen) atoms. The van der Waals surface area contributed by atoms with Gasteiger partial charge in [-0.15, -0.1) is 0 Å². The van der Waals surface area contributed by atoms with Crippen molar-refractivity contribution in [1.29, 1.82) is 0 Å². The van der Waals surface area contributed by atoms with E-state index < -0.39 is 16.6 Å². The van der Waals surface area contributed by atoms with Crippen molar-refractivity contribution in [3.05, 3.63) is 76.4 Å². The lowest BCUT2D eigenvalue weighted by Gasteiger charge is -2.36. The van der Waals surface area contributed by atoms with E-state index >= 15 is 0 Å². The summed E-state index contributed by atoms with van der Waals surface area (Å²) in [6, 6.07) is 10.2. The van der Waals surface area contributed by atoms with Crippen molar-refractivity contribution in [1.82, 2.24) is 5.43 Å². The second-order valence-corrected chi connectivity index (χ2v) is 23.1. The van der Waals surface area contributed by atoms with E-state index in [-0.39, 0.29) is 34.4 Å². The van der Waals surface area contributed by atoms with Crippen LogP contribution in [0.3, 0.4) is 0 Å². The second kappa shape index (κ2) is 14.1. The van der Waals surface area contributed by atoms with Crippen molar-refractivity contribution in [2.24, 2.45) is 5.10 Å². The predicted molar refractivity (Wildman–Crippen MR) is 171 cm³/mol. The van der Waals surface area contributed by atoms with Gasteiger partial charge in [0.05, 0.1) is 19.3 Å². The Morgan fingerprint density at radius 2 is 1.39 bits per heavy atom. The van der Waals surface area contributed by atoms with E-state index in [0.29, 0.717) is 24.0 Å². The highest BCUT2D eigenvalue weighted by Gasteiger charge is 2.38. The first-order valence-corrected chi connectivity index (χ1v) is 19.9. The summed E-state index contributed by atoms with van der Waals surface area (Å²) < 4.78 is 40.0. The molecule has 9 heteroatoms. The molecule has 1 heterocycles. The molecular formula is C32H48F2N2O3Si2. The lowest BCUT2D eigenvalue weighted by molar-refractivity contribution is -0.104. The molecule has 1 aliphatic rings. The van der Waals surface area contributed by atoms with Crippen LogP contribution >= 0.6 is 0 Å². The van der Waals surface area contributed by atoms with Crippen LogP contribution in [-0.2, 0) is 26.9 Å². The third kappa shape index (κ3) is 10.1. The van der Waals surface area contributed by atoms with Gasteiger partial charge in [-0.3, -0.25) is 4.79 Å². The van der Waals surface area contributed by atoms with Gasteiger partial charge in [0.15, 0.2) is 16.6 Å². The summed E-state index contributed by atoms with van der Waals surface area (Å²) >= 11 is 0. The fourth-order valence-corrected chi connectivity index (χ4v) is 5.29. The van der Waals surface area contributed by atoms with Gasteiger partial charge in [-0.05, 0) is 77.7 Å². The molecular weight excluding hydrogens is 555 g/mol. The summed E-state index contributed by atoms with van der Waals surface area (Å²) in [5, 5.41) is 4.24. The molecule has 1 atom stereocenters. The third-order valence-electron chi connectivity index (χ3n) is 8.36. The number of nitrogens with one attached hydrogen (secondary N) is 1. The molecule has 3 rings (SSSR count). The van der Waals surface area contributed by atoms with Crippen LogP contribution in [0.5, 0.6) is 0 Å². The third-order valence-corrected chi connectivity index (χ3v) is 17.3. The Kier molecular flexibility index (Phi) is 12.0. The van der Waals surface area contributed by atoms with Gasteiger partial charge in [0, 0.05) is 23.8 Å². The first kappa shape index (κ1) is 34.7. The van der Waals surface area contributed by atoms with Gasteiger partial charge in [0.2, 0.25) is 0 Å². The molecule has 0 saturated heterocycles. The lowest BCUT2D eigenvalue weighted by atomic mass is 10.0. The molecule has 1 unspecified atom stereocenters. The number of carbonyl (C=O) groups excluding carboxylic acids is 1. The van der Waals surface area contributed by atoms with Gasteiger partial charge in [-0.25, -0.2) is 8.78 Å². The highest BCUT2D eigenvalue weighted by molar-refractivity contribution is 6.74. The average molecular weight is 603 g/mol. The number of hydrogen-bond acceptors (Lipinski definition) is 5. The SMILES string of the molecule is CC(C)(C)[Si](C)(C)OCc1cc(/C=C/C=O)ccc1F.CC(C)(C)[Si](C)(C)OCc1cc(C2CC=NN2)ccc1F. The monoisotopic (exact) mass is 602 g/mol. The topological polar surface area (TPSA) is 59.9 Å². The molecule has 0 saturated carbocycles. The minimum atomic E-state index is -1.89. The maximum Gasteiger partial charge on any atom is 0.192 e. The number of aldehydes is 1. The molecule has 226 valence electrons. The second-order valence-electron chi connectivity index (χ2n) is 13.5. The van der Waals surface area contributed by atoms with E-state index in [4.69, 9.17) is 8.85 Å². The largest absolute Gasteiger partial charge is 0.412 e. The predicted octanol–water partition coefficient (Wildman–Crippen LogP) is 8.93. The molecule has 0 aromatic heterocycles. The van der Waals surface area contributed by atoms with E-state index in [0.717, 1.165) is 17.5 Å². The van der Waals surface area contributed by atoms with Gasteiger partial charge in [-0.2, -0.15) is 5.10 Å². The van der Waals surface area contributed by atoms with Crippen LogP contribution in [0.1, 0.15) is 76.3 Å². The van der Waals surface area contributed by atoms with Crippen molar-refractivity contribution in [3.63, 3.8) is 0 Å².